The van der Waals surface area contributed by atoms with Crippen LogP contribution in [0.4, 0.5) is 0 Å². The molecule has 1 atom stereocenters. The summed E-state index contributed by atoms with van der Waals surface area (Å²) in [6.45, 7) is 0.923. The Hall–Kier alpha value is -2.36. The highest BCUT2D eigenvalue weighted by Gasteiger charge is 2.32. The Morgan fingerprint density at radius 1 is 1.18 bits per heavy atom. The third kappa shape index (κ3) is 3.78. The first kappa shape index (κ1) is 19.0. The van der Waals surface area contributed by atoms with Crippen LogP contribution in [0.25, 0.3) is 10.6 Å². The van der Waals surface area contributed by atoms with E-state index in [1.807, 2.05) is 24.3 Å². The molecule has 3 heterocycles. The molecule has 0 saturated carbocycles. The summed E-state index contributed by atoms with van der Waals surface area (Å²) in [5, 5.41) is 10.4. The van der Waals surface area contributed by atoms with E-state index in [1.165, 1.54) is 21.8 Å². The van der Waals surface area contributed by atoms with Crippen LogP contribution < -0.4 is 4.74 Å². The number of piperidine rings is 1. The van der Waals surface area contributed by atoms with Crippen LogP contribution in [-0.2, 0) is 10.0 Å². The molecule has 0 N–H and O–H groups in total. The van der Waals surface area contributed by atoms with Gasteiger partial charge in [-0.3, -0.25) is 4.98 Å². The second-order valence-electron chi connectivity index (χ2n) is 6.56. The van der Waals surface area contributed by atoms with E-state index >= 15 is 0 Å². The van der Waals surface area contributed by atoms with Crippen molar-refractivity contribution in [2.24, 2.45) is 0 Å². The lowest BCUT2D eigenvalue weighted by Gasteiger charge is -2.30. The fourth-order valence-corrected chi connectivity index (χ4v) is 5.72. The van der Waals surface area contributed by atoms with Crippen LogP contribution in [0.3, 0.4) is 0 Å². The van der Waals surface area contributed by atoms with Crippen LogP contribution in [0.5, 0.6) is 5.75 Å². The van der Waals surface area contributed by atoms with Crippen molar-refractivity contribution >= 4 is 21.4 Å². The molecule has 1 aromatic carbocycles. The van der Waals surface area contributed by atoms with E-state index in [1.54, 1.807) is 25.4 Å². The third-order valence-electron chi connectivity index (χ3n) is 4.78. The third-order valence-corrected chi connectivity index (χ3v) is 7.77. The van der Waals surface area contributed by atoms with Crippen molar-refractivity contribution in [2.45, 2.75) is 23.7 Å². The van der Waals surface area contributed by atoms with Crippen LogP contribution in [0.1, 0.15) is 23.8 Å². The van der Waals surface area contributed by atoms with E-state index in [4.69, 9.17) is 4.74 Å². The fourth-order valence-electron chi connectivity index (χ4n) is 3.26. The molecular weight excluding hydrogens is 396 g/mol. The lowest BCUT2D eigenvalue weighted by molar-refractivity contribution is 0.314. The number of nitrogens with zero attached hydrogens (tertiary/aromatic N) is 4. The summed E-state index contributed by atoms with van der Waals surface area (Å²) in [6.07, 6.45) is 4.66. The Morgan fingerprint density at radius 2 is 2.00 bits per heavy atom. The van der Waals surface area contributed by atoms with Crippen molar-refractivity contribution in [1.82, 2.24) is 19.5 Å². The van der Waals surface area contributed by atoms with Gasteiger partial charge in [0.2, 0.25) is 10.0 Å². The van der Waals surface area contributed by atoms with E-state index in [0.717, 1.165) is 34.2 Å². The molecule has 1 aliphatic rings. The smallest absolute Gasteiger partial charge is 0.244 e. The zero-order valence-corrected chi connectivity index (χ0v) is 17.0. The maximum absolute atomic E-state index is 12.9. The first-order chi connectivity index (χ1) is 13.6. The Kier molecular flexibility index (Phi) is 5.38. The van der Waals surface area contributed by atoms with Gasteiger partial charge in [-0.15, -0.1) is 10.2 Å². The first-order valence-electron chi connectivity index (χ1n) is 8.96. The molecule has 28 heavy (non-hydrogen) atoms. The van der Waals surface area contributed by atoms with E-state index in [2.05, 4.69) is 15.2 Å². The molecule has 0 radical (unpaired) electrons. The van der Waals surface area contributed by atoms with Crippen molar-refractivity contribution < 1.29 is 13.2 Å². The summed E-state index contributed by atoms with van der Waals surface area (Å²) < 4.78 is 32.5. The lowest BCUT2D eigenvalue weighted by atomic mass is 10.0. The van der Waals surface area contributed by atoms with Crippen molar-refractivity contribution in [3.05, 3.63) is 53.8 Å². The van der Waals surface area contributed by atoms with Gasteiger partial charge in [-0.25, -0.2) is 8.42 Å². The molecule has 1 aliphatic heterocycles. The number of hydrogen-bond acceptors (Lipinski definition) is 7. The van der Waals surface area contributed by atoms with Gasteiger partial charge in [0.05, 0.1) is 7.11 Å². The Bertz CT molecular complexity index is 1040. The monoisotopic (exact) mass is 416 g/mol. The van der Waals surface area contributed by atoms with Gasteiger partial charge in [-0.05, 0) is 49.2 Å². The minimum Gasteiger partial charge on any atom is -0.497 e. The number of sulfonamides is 1. The van der Waals surface area contributed by atoms with Gasteiger partial charge in [-0.1, -0.05) is 11.3 Å². The highest BCUT2D eigenvalue weighted by molar-refractivity contribution is 7.89. The minimum absolute atomic E-state index is 0.0460. The van der Waals surface area contributed by atoms with Gasteiger partial charge in [0.25, 0.3) is 0 Å². The Morgan fingerprint density at radius 3 is 2.71 bits per heavy atom. The Balaban J connectivity index is 1.53. The molecule has 1 fully saturated rings. The van der Waals surface area contributed by atoms with Crippen molar-refractivity contribution in [1.29, 1.82) is 0 Å². The summed E-state index contributed by atoms with van der Waals surface area (Å²) in [6, 6.07) is 10.9. The van der Waals surface area contributed by atoms with Crippen molar-refractivity contribution in [2.75, 3.05) is 20.2 Å². The summed E-state index contributed by atoms with van der Waals surface area (Å²) in [7, 11) is -1.91. The topological polar surface area (TPSA) is 85.3 Å². The molecule has 0 amide bonds. The van der Waals surface area contributed by atoms with Gasteiger partial charge < -0.3 is 4.74 Å². The number of ether oxygens (including phenoxy) is 1. The minimum atomic E-state index is -3.54. The van der Waals surface area contributed by atoms with Crippen LogP contribution in [-0.4, -0.2) is 48.1 Å². The summed E-state index contributed by atoms with van der Waals surface area (Å²) in [5.74, 6) is 0.835. The SMILES string of the molecule is COc1ccc(-c2nnc(C3CCCN(S(=O)(=O)c4cccnc4)C3)s2)cc1. The maximum atomic E-state index is 12.9. The summed E-state index contributed by atoms with van der Waals surface area (Å²) in [4.78, 5) is 4.17. The van der Waals surface area contributed by atoms with Gasteiger partial charge in [-0.2, -0.15) is 4.31 Å². The fraction of sp³-hybridized carbons (Fsp3) is 0.316. The van der Waals surface area contributed by atoms with Crippen LogP contribution in [0.2, 0.25) is 0 Å². The molecule has 0 spiro atoms. The van der Waals surface area contributed by atoms with Crippen LogP contribution in [0.15, 0.2) is 53.7 Å². The molecule has 9 heteroatoms. The molecule has 1 saturated heterocycles. The normalized spacial score (nSPS) is 18.1. The highest BCUT2D eigenvalue weighted by atomic mass is 32.2. The maximum Gasteiger partial charge on any atom is 0.244 e. The number of benzene rings is 1. The number of pyridine rings is 1. The molecule has 7 nitrogen and oxygen atoms in total. The van der Waals surface area contributed by atoms with Gasteiger partial charge in [0.15, 0.2) is 0 Å². The molecule has 0 bridgehead atoms. The van der Waals surface area contributed by atoms with Crippen molar-refractivity contribution in [3.8, 4) is 16.3 Å². The quantitative estimate of drug-likeness (QED) is 0.635. The molecule has 4 rings (SSSR count). The molecule has 0 aliphatic carbocycles. The van der Waals surface area contributed by atoms with Gasteiger partial charge in [0, 0.05) is 37.0 Å². The predicted octanol–water partition coefficient (Wildman–Crippen LogP) is 3.18. The van der Waals surface area contributed by atoms with Crippen LogP contribution in [0, 0.1) is 0 Å². The molecule has 1 unspecified atom stereocenters. The zero-order chi connectivity index (χ0) is 19.6. The first-order valence-corrected chi connectivity index (χ1v) is 11.2. The second kappa shape index (κ2) is 7.94. The van der Waals surface area contributed by atoms with E-state index in [-0.39, 0.29) is 10.8 Å². The molecule has 2 aromatic heterocycles. The molecule has 146 valence electrons. The lowest BCUT2D eigenvalue weighted by Crippen LogP contribution is -2.39. The molecule has 3 aromatic rings. The largest absolute Gasteiger partial charge is 0.497 e. The zero-order valence-electron chi connectivity index (χ0n) is 15.4. The average molecular weight is 417 g/mol. The summed E-state index contributed by atoms with van der Waals surface area (Å²) in [5.41, 5.74) is 0.972. The number of rotatable bonds is 5. The highest BCUT2D eigenvalue weighted by Crippen LogP contribution is 2.34. The van der Waals surface area contributed by atoms with E-state index in [0.29, 0.717) is 13.1 Å². The predicted molar refractivity (Wildman–Crippen MR) is 107 cm³/mol. The Labute approximate surface area is 168 Å². The number of aromatic nitrogens is 3. The standard InChI is InChI=1S/C19H20N4O3S2/c1-26-16-8-6-14(7-9-16)18-21-22-19(27-18)15-4-3-11-23(13-15)28(24,25)17-5-2-10-20-12-17/h2,5-10,12,15H,3-4,11,13H2,1H3. The number of methoxy groups -OCH3 is 1. The average Bonchev–Trinajstić information content (AvgIpc) is 3.25. The second-order valence-corrected chi connectivity index (χ2v) is 9.51. The molecular formula is C19H20N4O3S2. The van der Waals surface area contributed by atoms with Crippen LogP contribution >= 0.6 is 11.3 Å². The summed E-state index contributed by atoms with van der Waals surface area (Å²) >= 11 is 1.52. The van der Waals surface area contributed by atoms with Gasteiger partial charge >= 0.3 is 0 Å². The van der Waals surface area contributed by atoms with E-state index < -0.39 is 10.0 Å². The van der Waals surface area contributed by atoms with Gasteiger partial charge in [0.1, 0.15) is 20.7 Å². The van der Waals surface area contributed by atoms with Crippen molar-refractivity contribution in [3.63, 3.8) is 0 Å². The number of hydrogen-bond donors (Lipinski definition) is 0. The van der Waals surface area contributed by atoms with E-state index in [9.17, 15) is 8.42 Å².